The molecule has 2 fully saturated rings. The van der Waals surface area contributed by atoms with Crippen LogP contribution in [0.25, 0.3) is 0 Å². The van der Waals surface area contributed by atoms with Gasteiger partial charge in [0.1, 0.15) is 5.75 Å². The Morgan fingerprint density at radius 3 is 2.44 bits per heavy atom. The van der Waals surface area contributed by atoms with E-state index in [0.717, 1.165) is 38.5 Å². The smallest absolute Gasteiger partial charge is 0.241 e. The lowest BCUT2D eigenvalue weighted by Crippen LogP contribution is -2.47. The molecule has 1 atom stereocenters. The van der Waals surface area contributed by atoms with Gasteiger partial charge in [-0.1, -0.05) is 6.92 Å². The van der Waals surface area contributed by atoms with Crippen molar-refractivity contribution in [1.29, 1.82) is 0 Å². The molecule has 7 heteroatoms. The van der Waals surface area contributed by atoms with Gasteiger partial charge in [-0.05, 0) is 75.6 Å². The molecule has 150 valence electrons. The van der Waals surface area contributed by atoms with E-state index in [1.54, 1.807) is 12.1 Å². The van der Waals surface area contributed by atoms with Crippen LogP contribution in [-0.4, -0.2) is 44.5 Å². The van der Waals surface area contributed by atoms with Crippen molar-refractivity contribution < 1.29 is 17.9 Å². The molecule has 6 nitrogen and oxygen atoms in total. The number of piperidine rings is 1. The summed E-state index contributed by atoms with van der Waals surface area (Å²) in [6, 6.07) is 6.67. The summed E-state index contributed by atoms with van der Waals surface area (Å²) in [7, 11) is -3.72. The van der Waals surface area contributed by atoms with E-state index in [-0.39, 0.29) is 29.5 Å². The summed E-state index contributed by atoms with van der Waals surface area (Å²) in [6.07, 6.45) is 8.73. The molecule has 1 N–H and O–H groups in total. The lowest BCUT2D eigenvalue weighted by Gasteiger charge is -2.35. The molecule has 1 aliphatic carbocycles. The average Bonchev–Trinajstić information content (AvgIpc) is 3.19. The largest absolute Gasteiger partial charge is 0.490 e. The van der Waals surface area contributed by atoms with Crippen LogP contribution in [0, 0.1) is 0 Å². The molecule has 0 bridgehead atoms. The summed E-state index contributed by atoms with van der Waals surface area (Å²) in [5.41, 5.74) is 0. The lowest BCUT2D eigenvalue weighted by atomic mass is 10.00. The molecule has 1 amide bonds. The predicted molar refractivity (Wildman–Crippen MR) is 104 cm³/mol. The number of nitrogens with one attached hydrogen (secondary N) is 1. The Bertz CT molecular complexity index is 727. The molecule has 1 heterocycles. The minimum Gasteiger partial charge on any atom is -0.490 e. The van der Waals surface area contributed by atoms with E-state index < -0.39 is 10.0 Å². The fourth-order valence-corrected chi connectivity index (χ4v) is 4.97. The normalized spacial score (nSPS) is 21.4. The number of hydrogen-bond donors (Lipinski definition) is 1. The van der Waals surface area contributed by atoms with Gasteiger partial charge < -0.3 is 9.64 Å². The van der Waals surface area contributed by atoms with Crippen LogP contribution in [0.15, 0.2) is 29.2 Å². The maximum absolute atomic E-state index is 12.5. The number of ether oxygens (including phenoxy) is 1. The van der Waals surface area contributed by atoms with Crippen molar-refractivity contribution in [2.75, 3.05) is 13.1 Å². The first-order chi connectivity index (χ1) is 13.0. The van der Waals surface area contributed by atoms with Crippen molar-refractivity contribution >= 4 is 15.9 Å². The van der Waals surface area contributed by atoms with E-state index in [2.05, 4.69) is 11.6 Å². The van der Waals surface area contributed by atoms with Crippen LogP contribution < -0.4 is 9.46 Å². The Morgan fingerprint density at radius 2 is 1.78 bits per heavy atom. The molecule has 1 saturated heterocycles. The maximum Gasteiger partial charge on any atom is 0.241 e. The second-order valence-corrected chi connectivity index (χ2v) is 9.23. The number of rotatable bonds is 7. The molecular weight excluding hydrogens is 364 g/mol. The van der Waals surface area contributed by atoms with E-state index in [9.17, 15) is 13.2 Å². The molecule has 1 unspecified atom stereocenters. The van der Waals surface area contributed by atoms with Gasteiger partial charge in [0.15, 0.2) is 0 Å². The Kier molecular flexibility index (Phi) is 6.76. The van der Waals surface area contributed by atoms with Gasteiger partial charge in [0.25, 0.3) is 0 Å². The average molecular weight is 395 g/mol. The fourth-order valence-electron chi connectivity index (χ4n) is 3.99. The highest BCUT2D eigenvalue weighted by Gasteiger charge is 2.26. The number of benzene rings is 1. The van der Waals surface area contributed by atoms with E-state index in [4.69, 9.17) is 4.74 Å². The summed E-state index contributed by atoms with van der Waals surface area (Å²) in [5, 5.41) is 0. The van der Waals surface area contributed by atoms with Crippen molar-refractivity contribution in [2.24, 2.45) is 0 Å². The highest BCUT2D eigenvalue weighted by atomic mass is 32.2. The Balaban J connectivity index is 1.56. The van der Waals surface area contributed by atoms with E-state index in [1.807, 2.05) is 4.90 Å². The minimum absolute atomic E-state index is 0.147. The van der Waals surface area contributed by atoms with Gasteiger partial charge >= 0.3 is 0 Å². The zero-order valence-corrected chi connectivity index (χ0v) is 16.8. The van der Waals surface area contributed by atoms with Crippen LogP contribution >= 0.6 is 0 Å². The van der Waals surface area contributed by atoms with E-state index in [1.165, 1.54) is 25.0 Å². The molecule has 1 aromatic carbocycles. The second kappa shape index (κ2) is 9.06. The zero-order valence-electron chi connectivity index (χ0n) is 16.0. The van der Waals surface area contributed by atoms with Gasteiger partial charge in [0.05, 0.1) is 17.5 Å². The third kappa shape index (κ3) is 5.23. The summed E-state index contributed by atoms with van der Waals surface area (Å²) in [4.78, 5) is 14.4. The highest BCUT2D eigenvalue weighted by molar-refractivity contribution is 7.89. The molecule has 0 radical (unpaired) electrons. The first-order valence-corrected chi connectivity index (χ1v) is 11.5. The van der Waals surface area contributed by atoms with Gasteiger partial charge in [-0.3, -0.25) is 4.79 Å². The molecule has 1 aliphatic heterocycles. The van der Waals surface area contributed by atoms with Crippen molar-refractivity contribution in [3.63, 3.8) is 0 Å². The van der Waals surface area contributed by atoms with Crippen LogP contribution in [0.3, 0.4) is 0 Å². The monoisotopic (exact) mass is 394 g/mol. The Morgan fingerprint density at radius 1 is 1.11 bits per heavy atom. The van der Waals surface area contributed by atoms with Gasteiger partial charge in [0, 0.05) is 12.6 Å². The molecule has 27 heavy (non-hydrogen) atoms. The second-order valence-electron chi connectivity index (χ2n) is 7.47. The van der Waals surface area contributed by atoms with Gasteiger partial charge in [-0.15, -0.1) is 0 Å². The quantitative estimate of drug-likeness (QED) is 0.771. The maximum atomic E-state index is 12.5. The number of carbonyl (C=O) groups is 1. The Hall–Kier alpha value is -1.60. The molecule has 3 rings (SSSR count). The molecule has 0 spiro atoms. The predicted octanol–water partition coefficient (Wildman–Crippen LogP) is 3.08. The summed E-state index contributed by atoms with van der Waals surface area (Å²) in [5.74, 6) is 0.544. The van der Waals surface area contributed by atoms with Crippen molar-refractivity contribution in [1.82, 2.24) is 9.62 Å². The van der Waals surface area contributed by atoms with Gasteiger partial charge in [0.2, 0.25) is 15.9 Å². The number of carbonyl (C=O) groups excluding carboxylic acids is 1. The topological polar surface area (TPSA) is 75.7 Å². The van der Waals surface area contributed by atoms with Crippen molar-refractivity contribution in [3.8, 4) is 5.75 Å². The van der Waals surface area contributed by atoms with Gasteiger partial charge in [-0.2, -0.15) is 0 Å². The molecular formula is C20H30N2O4S. The first-order valence-electron chi connectivity index (χ1n) is 10.1. The number of amides is 1. The molecule has 2 aliphatic rings. The summed E-state index contributed by atoms with van der Waals surface area (Å²) >= 11 is 0. The SMILES string of the molecule is CCC1CCCCN1C(=O)CNS(=O)(=O)c1ccc(OC2CCCC2)cc1. The first kappa shape index (κ1) is 20.1. The fraction of sp³-hybridized carbons (Fsp3) is 0.650. The third-order valence-electron chi connectivity index (χ3n) is 5.57. The van der Waals surface area contributed by atoms with Crippen LogP contribution in [0.2, 0.25) is 0 Å². The molecule has 1 aromatic rings. The lowest BCUT2D eigenvalue weighted by molar-refractivity contribution is -0.133. The molecule has 1 saturated carbocycles. The zero-order chi connectivity index (χ0) is 19.3. The highest BCUT2D eigenvalue weighted by Crippen LogP contribution is 2.25. The minimum atomic E-state index is -3.72. The number of hydrogen-bond acceptors (Lipinski definition) is 4. The molecule has 0 aromatic heterocycles. The van der Waals surface area contributed by atoms with Crippen LogP contribution in [0.1, 0.15) is 58.3 Å². The van der Waals surface area contributed by atoms with Crippen molar-refractivity contribution in [3.05, 3.63) is 24.3 Å². The summed E-state index contributed by atoms with van der Waals surface area (Å²) in [6.45, 7) is 2.58. The number of sulfonamides is 1. The number of nitrogens with zero attached hydrogens (tertiary/aromatic N) is 1. The van der Waals surface area contributed by atoms with E-state index >= 15 is 0 Å². The standard InChI is InChI=1S/C20H30N2O4S/c1-2-16-7-5-6-14-22(16)20(23)15-21-27(24,25)19-12-10-18(11-13-19)26-17-8-3-4-9-17/h10-13,16-17,21H,2-9,14-15H2,1H3. The Labute approximate surface area is 162 Å². The van der Waals surface area contributed by atoms with Gasteiger partial charge in [-0.25, -0.2) is 13.1 Å². The summed E-state index contributed by atoms with van der Waals surface area (Å²) < 4.78 is 33.3. The van der Waals surface area contributed by atoms with Crippen LogP contribution in [0.4, 0.5) is 0 Å². The number of likely N-dealkylation sites (tertiary alicyclic amines) is 1. The third-order valence-corrected chi connectivity index (χ3v) is 6.99. The van der Waals surface area contributed by atoms with E-state index in [0.29, 0.717) is 12.3 Å². The van der Waals surface area contributed by atoms with Crippen LogP contribution in [-0.2, 0) is 14.8 Å². The van der Waals surface area contributed by atoms with Crippen molar-refractivity contribution in [2.45, 2.75) is 75.3 Å². The van der Waals surface area contributed by atoms with Crippen LogP contribution in [0.5, 0.6) is 5.75 Å².